The van der Waals surface area contributed by atoms with Crippen LogP contribution < -0.4 is 16.4 Å². The molecule has 2 aromatic heterocycles. The van der Waals surface area contributed by atoms with Crippen LogP contribution in [0.1, 0.15) is 5.56 Å². The summed E-state index contributed by atoms with van der Waals surface area (Å²) < 4.78 is 3.49. The molecule has 0 aliphatic carbocycles. The average molecular weight is 506 g/mol. The Labute approximate surface area is 172 Å². The number of hydrogen-bond donors (Lipinski definition) is 3. The Kier molecular flexibility index (Phi) is 6.54. The number of nitrogens with zero attached hydrogens (tertiary/aromatic N) is 1. The third-order valence-corrected chi connectivity index (χ3v) is 5.78. The van der Waals surface area contributed by atoms with Crippen molar-refractivity contribution >= 4 is 67.1 Å². The smallest absolute Gasteiger partial charge is 0.260 e. The van der Waals surface area contributed by atoms with Crippen molar-refractivity contribution in [1.29, 1.82) is 0 Å². The van der Waals surface area contributed by atoms with Gasteiger partial charge in [0.15, 0.2) is 0 Å². The lowest BCUT2D eigenvalue weighted by molar-refractivity contribution is 0.0140. The van der Waals surface area contributed by atoms with Crippen molar-refractivity contribution in [3.05, 3.63) is 54.2 Å². The van der Waals surface area contributed by atoms with Gasteiger partial charge in [-0.25, -0.2) is 0 Å². The Morgan fingerprint density at radius 3 is 2.92 bits per heavy atom. The predicted octanol–water partition coefficient (Wildman–Crippen LogP) is 3.62. The number of hydrogen-bond acceptors (Lipinski definition) is 6. The molecule has 3 N–H and O–H groups in total. The number of halogens is 2. The Morgan fingerprint density at radius 2 is 2.19 bits per heavy atom. The second-order valence-electron chi connectivity index (χ2n) is 5.50. The Bertz CT molecular complexity index is 989. The number of anilines is 2. The largest absolute Gasteiger partial charge is 0.394 e. The first-order valence-electron chi connectivity index (χ1n) is 7.79. The molecule has 0 bridgehead atoms. The van der Waals surface area contributed by atoms with E-state index in [1.54, 1.807) is 11.6 Å². The predicted molar refractivity (Wildman–Crippen MR) is 114 cm³/mol. The molecule has 26 heavy (non-hydrogen) atoms. The Balaban J connectivity index is 2.06. The lowest BCUT2D eigenvalue weighted by atomic mass is 10.2. The van der Waals surface area contributed by atoms with Crippen molar-refractivity contribution in [1.82, 2.24) is 10.0 Å². The maximum Gasteiger partial charge on any atom is 0.260 e. The van der Waals surface area contributed by atoms with Crippen LogP contribution in [0.15, 0.2) is 34.4 Å². The number of aliphatic hydroxyl groups excluding tert-OH is 1. The fourth-order valence-electron chi connectivity index (χ4n) is 2.59. The van der Waals surface area contributed by atoms with Gasteiger partial charge >= 0.3 is 0 Å². The maximum atomic E-state index is 12.7. The number of aliphatic hydroxyl groups is 1. The molecule has 1 aromatic carbocycles. The first-order chi connectivity index (χ1) is 12.5. The van der Waals surface area contributed by atoms with Crippen LogP contribution in [0.2, 0.25) is 5.02 Å². The first kappa shape index (κ1) is 19.6. The molecule has 3 aromatic rings. The van der Waals surface area contributed by atoms with Crippen LogP contribution in [0, 0.1) is 3.57 Å². The highest BCUT2D eigenvalue weighted by atomic mass is 127. The van der Waals surface area contributed by atoms with Gasteiger partial charge in [-0.15, -0.1) is 11.3 Å². The summed E-state index contributed by atoms with van der Waals surface area (Å²) in [5, 5.41) is 15.3. The van der Waals surface area contributed by atoms with Gasteiger partial charge in [0.25, 0.3) is 5.56 Å². The third kappa shape index (κ3) is 4.05. The second-order valence-corrected chi connectivity index (χ2v) is 8.07. The summed E-state index contributed by atoms with van der Waals surface area (Å²) >= 11 is 10.0. The van der Waals surface area contributed by atoms with Gasteiger partial charge in [-0.2, -0.15) is 5.48 Å². The summed E-state index contributed by atoms with van der Waals surface area (Å²) in [5.41, 5.74) is 4.37. The van der Waals surface area contributed by atoms with Crippen LogP contribution in [0.3, 0.4) is 0 Å². The van der Waals surface area contributed by atoms with E-state index in [9.17, 15) is 4.79 Å². The molecule has 0 aliphatic rings. The van der Waals surface area contributed by atoms with Crippen molar-refractivity contribution in [2.75, 3.05) is 18.5 Å². The van der Waals surface area contributed by atoms with Crippen molar-refractivity contribution in [2.24, 2.45) is 7.05 Å². The summed E-state index contributed by atoms with van der Waals surface area (Å²) in [6.07, 6.45) is 0. The molecule has 0 saturated carbocycles. The van der Waals surface area contributed by atoms with E-state index in [-0.39, 0.29) is 18.8 Å². The molecule has 0 amide bonds. The lowest BCUT2D eigenvalue weighted by Gasteiger charge is -2.18. The van der Waals surface area contributed by atoms with Crippen LogP contribution in [-0.4, -0.2) is 22.9 Å². The van der Waals surface area contributed by atoms with E-state index < -0.39 is 0 Å². The summed E-state index contributed by atoms with van der Waals surface area (Å²) in [5.74, 6) is 0.646. The molecule has 0 saturated heterocycles. The molecule has 0 aliphatic heterocycles. The van der Waals surface area contributed by atoms with E-state index in [0.717, 1.165) is 19.5 Å². The molecule has 0 atom stereocenters. The minimum atomic E-state index is -0.0783. The SMILES string of the molecule is Cn1c(Nc2ccc(I)cc2Cl)c(CNOCCO)c2sccc2c1=O. The van der Waals surface area contributed by atoms with Gasteiger partial charge in [0.05, 0.1) is 35.9 Å². The minimum absolute atomic E-state index is 0.0714. The summed E-state index contributed by atoms with van der Waals surface area (Å²) in [6.45, 7) is 0.485. The molecule has 0 unspecified atom stereocenters. The van der Waals surface area contributed by atoms with Gasteiger partial charge < -0.3 is 10.4 Å². The molecular weight excluding hydrogens is 489 g/mol. The van der Waals surface area contributed by atoms with Crippen LogP contribution in [0.4, 0.5) is 11.5 Å². The molecule has 9 heteroatoms. The van der Waals surface area contributed by atoms with E-state index >= 15 is 0 Å². The first-order valence-corrected chi connectivity index (χ1v) is 10.1. The van der Waals surface area contributed by atoms with E-state index in [1.807, 2.05) is 29.6 Å². The van der Waals surface area contributed by atoms with E-state index in [1.165, 1.54) is 11.3 Å². The van der Waals surface area contributed by atoms with Crippen molar-refractivity contribution in [3.8, 4) is 0 Å². The Hall–Kier alpha value is -1.17. The van der Waals surface area contributed by atoms with Crippen LogP contribution in [-0.2, 0) is 18.4 Å². The zero-order chi connectivity index (χ0) is 18.7. The fraction of sp³-hybridized carbons (Fsp3) is 0.235. The maximum absolute atomic E-state index is 12.7. The lowest BCUT2D eigenvalue weighted by Crippen LogP contribution is -2.24. The number of hydroxylamine groups is 1. The quantitative estimate of drug-likeness (QED) is 0.260. The molecule has 138 valence electrons. The van der Waals surface area contributed by atoms with Crippen molar-refractivity contribution in [3.63, 3.8) is 0 Å². The molecule has 2 heterocycles. The highest BCUT2D eigenvalue weighted by Crippen LogP contribution is 2.32. The minimum Gasteiger partial charge on any atom is -0.394 e. The van der Waals surface area contributed by atoms with E-state index in [4.69, 9.17) is 21.5 Å². The number of aromatic nitrogens is 1. The van der Waals surface area contributed by atoms with Gasteiger partial charge in [-0.3, -0.25) is 14.2 Å². The van der Waals surface area contributed by atoms with Crippen LogP contribution in [0.5, 0.6) is 0 Å². The van der Waals surface area contributed by atoms with Crippen molar-refractivity contribution in [2.45, 2.75) is 6.54 Å². The fourth-order valence-corrected chi connectivity index (χ4v) is 4.42. The number of benzene rings is 1. The topological polar surface area (TPSA) is 75.5 Å². The van der Waals surface area contributed by atoms with E-state index in [0.29, 0.717) is 22.8 Å². The number of fused-ring (bicyclic) bond motifs is 1. The summed E-state index contributed by atoms with van der Waals surface area (Å²) in [4.78, 5) is 17.9. The van der Waals surface area contributed by atoms with Gasteiger partial charge in [0.1, 0.15) is 5.82 Å². The van der Waals surface area contributed by atoms with Crippen LogP contribution >= 0.6 is 45.5 Å². The highest BCUT2D eigenvalue weighted by molar-refractivity contribution is 14.1. The summed E-state index contributed by atoms with van der Waals surface area (Å²) in [6, 6.07) is 7.50. The van der Waals surface area contributed by atoms with Crippen molar-refractivity contribution < 1.29 is 9.94 Å². The normalized spacial score (nSPS) is 11.2. The third-order valence-electron chi connectivity index (χ3n) is 3.82. The second kappa shape index (κ2) is 8.68. The van der Waals surface area contributed by atoms with Gasteiger partial charge in [0, 0.05) is 20.9 Å². The van der Waals surface area contributed by atoms with Crippen LogP contribution in [0.25, 0.3) is 10.1 Å². The zero-order valence-corrected chi connectivity index (χ0v) is 17.6. The van der Waals surface area contributed by atoms with E-state index in [2.05, 4.69) is 33.4 Å². The number of nitrogens with one attached hydrogen (secondary N) is 2. The highest BCUT2D eigenvalue weighted by Gasteiger charge is 2.17. The molecule has 0 radical (unpaired) electrons. The van der Waals surface area contributed by atoms with Gasteiger partial charge in [0.2, 0.25) is 0 Å². The average Bonchev–Trinajstić information content (AvgIpc) is 3.10. The Morgan fingerprint density at radius 1 is 1.38 bits per heavy atom. The number of thiophene rings is 1. The van der Waals surface area contributed by atoms with Gasteiger partial charge in [-0.05, 0) is 52.2 Å². The summed E-state index contributed by atoms with van der Waals surface area (Å²) in [7, 11) is 1.72. The molecule has 3 rings (SSSR count). The standard InChI is InChI=1S/C17H17ClIN3O3S/c1-22-16(21-14-3-2-10(19)8-13(14)18)12(9-20-25-6-5-23)15-11(17(22)24)4-7-26-15/h2-4,7-8,20-21,23H,5-6,9H2,1H3. The molecular formula is C17H17ClIN3O3S. The zero-order valence-electron chi connectivity index (χ0n) is 13.9. The monoisotopic (exact) mass is 505 g/mol. The molecule has 0 spiro atoms. The molecule has 0 fully saturated rings. The number of pyridine rings is 1. The molecule has 6 nitrogen and oxygen atoms in total. The van der Waals surface area contributed by atoms with Gasteiger partial charge in [-0.1, -0.05) is 11.6 Å². The number of rotatable bonds is 7.